The van der Waals surface area contributed by atoms with Gasteiger partial charge >= 0.3 is 0 Å². The topological polar surface area (TPSA) is 132 Å². The average molecular weight is 644 g/mol. The van der Waals surface area contributed by atoms with E-state index in [1.54, 1.807) is 24.4 Å². The number of aromatic nitrogens is 2. The molecular weight excluding hydrogens is 606 g/mol. The molecule has 46 heavy (non-hydrogen) atoms. The number of likely N-dealkylation sites (tertiary alicyclic amines) is 3. The quantitative estimate of drug-likeness (QED) is 0.359. The summed E-state index contributed by atoms with van der Waals surface area (Å²) in [6, 6.07) is 13.7. The SMILES string of the molecule is CCOc1ncccc1C1(N2CC3(CN(C4CCN(C)CC4)C3)C2)C(=O)N(S(=O)(=O)c2ccc(OC)cn2)c2ccc(C#N)cc21. The number of anilines is 1. The van der Waals surface area contributed by atoms with Gasteiger partial charge in [-0.25, -0.2) is 9.97 Å². The summed E-state index contributed by atoms with van der Waals surface area (Å²) in [6.07, 6.45) is 5.18. The van der Waals surface area contributed by atoms with Gasteiger partial charge in [0.25, 0.3) is 15.9 Å². The maximum absolute atomic E-state index is 15.1. The van der Waals surface area contributed by atoms with Gasteiger partial charge < -0.3 is 14.4 Å². The third kappa shape index (κ3) is 4.58. The van der Waals surface area contributed by atoms with E-state index in [0.29, 0.717) is 48.2 Å². The second-order valence-electron chi connectivity index (χ2n) is 12.7. The minimum Gasteiger partial charge on any atom is -0.495 e. The Kier molecular flexibility index (Phi) is 7.51. The van der Waals surface area contributed by atoms with Crippen LogP contribution in [0.3, 0.4) is 0 Å². The molecule has 3 saturated heterocycles. The summed E-state index contributed by atoms with van der Waals surface area (Å²) in [7, 11) is -0.857. The van der Waals surface area contributed by atoms with Crippen molar-refractivity contribution >= 4 is 21.6 Å². The van der Waals surface area contributed by atoms with Gasteiger partial charge in [-0.05, 0) is 82.4 Å². The van der Waals surface area contributed by atoms with E-state index < -0.39 is 21.5 Å². The lowest BCUT2D eigenvalue weighted by Gasteiger charge is -2.65. The Hall–Kier alpha value is -4.09. The van der Waals surface area contributed by atoms with Crippen molar-refractivity contribution in [1.29, 1.82) is 5.26 Å². The zero-order chi connectivity index (χ0) is 32.3. The van der Waals surface area contributed by atoms with E-state index >= 15 is 4.79 Å². The summed E-state index contributed by atoms with van der Waals surface area (Å²) in [6.45, 7) is 7.31. The number of carbonyl (C=O) groups excluding carboxylic acids is 1. The molecule has 6 heterocycles. The fourth-order valence-electron chi connectivity index (χ4n) is 7.70. The summed E-state index contributed by atoms with van der Waals surface area (Å²) < 4.78 is 40.6. The Balaban J connectivity index is 1.33. The van der Waals surface area contributed by atoms with Crippen LogP contribution >= 0.6 is 0 Å². The number of ether oxygens (including phenoxy) is 2. The van der Waals surface area contributed by atoms with Gasteiger partial charge in [-0.1, -0.05) is 0 Å². The Morgan fingerprint density at radius 3 is 2.46 bits per heavy atom. The molecule has 0 bridgehead atoms. The monoisotopic (exact) mass is 643 g/mol. The number of piperidine rings is 1. The van der Waals surface area contributed by atoms with Gasteiger partial charge in [0.05, 0.1) is 37.2 Å². The number of amides is 1. The highest BCUT2D eigenvalue weighted by molar-refractivity contribution is 7.93. The lowest BCUT2D eigenvalue weighted by atomic mass is 9.67. The molecule has 1 unspecified atom stereocenters. The molecule has 0 radical (unpaired) electrons. The Bertz CT molecular complexity index is 1810. The van der Waals surface area contributed by atoms with Crippen LogP contribution in [0.1, 0.15) is 36.5 Å². The predicted octanol–water partition coefficient (Wildman–Crippen LogP) is 2.45. The first-order valence-corrected chi connectivity index (χ1v) is 17.0. The third-order valence-electron chi connectivity index (χ3n) is 9.93. The van der Waals surface area contributed by atoms with Gasteiger partial charge in [0.1, 0.15) is 5.75 Å². The summed E-state index contributed by atoms with van der Waals surface area (Å²) in [5.74, 6) is -0.0426. The van der Waals surface area contributed by atoms with Crippen LogP contribution in [-0.4, -0.2) is 105 Å². The molecule has 2 aromatic heterocycles. The van der Waals surface area contributed by atoms with E-state index in [1.165, 1.54) is 37.6 Å². The van der Waals surface area contributed by atoms with Crippen molar-refractivity contribution in [3.05, 3.63) is 71.5 Å². The molecule has 12 nitrogen and oxygen atoms in total. The Morgan fingerprint density at radius 2 is 1.80 bits per heavy atom. The normalized spacial score (nSPS) is 23.4. The summed E-state index contributed by atoms with van der Waals surface area (Å²) >= 11 is 0. The molecule has 3 aromatic rings. The highest BCUT2D eigenvalue weighted by Gasteiger charge is 2.67. The van der Waals surface area contributed by atoms with E-state index in [0.717, 1.165) is 43.3 Å². The second-order valence-corrected chi connectivity index (χ2v) is 14.5. The molecule has 4 aliphatic heterocycles. The summed E-state index contributed by atoms with van der Waals surface area (Å²) in [4.78, 5) is 30.7. The van der Waals surface area contributed by atoms with Crippen LogP contribution in [0.2, 0.25) is 0 Å². The van der Waals surface area contributed by atoms with E-state index in [9.17, 15) is 13.7 Å². The fourth-order valence-corrected chi connectivity index (χ4v) is 9.09. The first kappa shape index (κ1) is 30.6. The zero-order valence-electron chi connectivity index (χ0n) is 26.2. The number of benzene rings is 1. The lowest BCUT2D eigenvalue weighted by molar-refractivity contribution is -0.170. The predicted molar refractivity (Wildman–Crippen MR) is 169 cm³/mol. The van der Waals surface area contributed by atoms with Crippen LogP contribution < -0.4 is 13.8 Å². The molecule has 7 rings (SSSR count). The van der Waals surface area contributed by atoms with Crippen LogP contribution in [0.25, 0.3) is 0 Å². The molecule has 0 aliphatic carbocycles. The number of fused-ring (bicyclic) bond motifs is 1. The first-order valence-electron chi connectivity index (χ1n) is 15.6. The van der Waals surface area contributed by atoms with Gasteiger partial charge in [0.15, 0.2) is 10.6 Å². The molecule has 1 aromatic carbocycles. The Morgan fingerprint density at radius 1 is 1.04 bits per heavy atom. The van der Waals surface area contributed by atoms with Gasteiger partial charge in [-0.2, -0.15) is 18.0 Å². The van der Waals surface area contributed by atoms with E-state index in [1.807, 2.05) is 6.92 Å². The third-order valence-corrected chi connectivity index (χ3v) is 11.5. The molecule has 3 fully saturated rings. The van der Waals surface area contributed by atoms with Gasteiger partial charge in [0.2, 0.25) is 5.88 Å². The smallest absolute Gasteiger partial charge is 0.288 e. The number of hydrogen-bond acceptors (Lipinski definition) is 11. The maximum Gasteiger partial charge on any atom is 0.288 e. The number of nitriles is 1. The zero-order valence-corrected chi connectivity index (χ0v) is 27.0. The van der Waals surface area contributed by atoms with Crippen LogP contribution in [0, 0.1) is 16.7 Å². The molecule has 240 valence electrons. The standard InChI is InChI=1S/C33H37N7O5S/c1-4-45-30-26(6-5-13-35-30)33(39-21-32(22-39)19-38(20-32)24-11-14-37(2)15-12-24)27-16-23(17-34)7-9-28(27)40(31(33)41)46(42,43)29-10-8-25(44-3)18-36-29/h5-10,13,16,18,24H,4,11-12,14-15,19-22H2,1-3H3. The minimum atomic E-state index is -4.48. The number of hydrogen-bond donors (Lipinski definition) is 0. The highest BCUT2D eigenvalue weighted by Crippen LogP contribution is 2.57. The van der Waals surface area contributed by atoms with Gasteiger partial charge in [-0.15, -0.1) is 0 Å². The number of sulfonamides is 1. The van der Waals surface area contributed by atoms with Crippen molar-refractivity contribution in [2.75, 3.05) is 64.3 Å². The van der Waals surface area contributed by atoms with E-state index in [-0.39, 0.29) is 22.0 Å². The molecule has 13 heteroatoms. The second kappa shape index (κ2) is 11.3. The van der Waals surface area contributed by atoms with Gasteiger partial charge in [0, 0.05) is 55.0 Å². The average Bonchev–Trinajstić information content (AvgIpc) is 3.29. The highest BCUT2D eigenvalue weighted by atomic mass is 32.2. The number of rotatable bonds is 8. The van der Waals surface area contributed by atoms with E-state index in [4.69, 9.17) is 9.47 Å². The first-order chi connectivity index (χ1) is 22.2. The van der Waals surface area contributed by atoms with Gasteiger partial charge in [-0.3, -0.25) is 14.6 Å². The number of methoxy groups -OCH3 is 1. The van der Waals surface area contributed by atoms with Crippen molar-refractivity contribution in [3.63, 3.8) is 0 Å². The van der Waals surface area contributed by atoms with Crippen LogP contribution in [0.4, 0.5) is 5.69 Å². The summed E-state index contributed by atoms with van der Waals surface area (Å²) in [5, 5.41) is 9.63. The molecule has 4 aliphatic rings. The fraction of sp³-hybridized carbons (Fsp3) is 0.455. The van der Waals surface area contributed by atoms with Crippen molar-refractivity contribution in [2.24, 2.45) is 5.41 Å². The van der Waals surface area contributed by atoms with E-state index in [2.05, 4.69) is 37.8 Å². The number of nitrogens with zero attached hydrogens (tertiary/aromatic N) is 7. The summed E-state index contributed by atoms with van der Waals surface area (Å²) in [5.41, 5.74) is -0.271. The van der Waals surface area contributed by atoms with Crippen LogP contribution in [0.5, 0.6) is 11.6 Å². The Labute approximate surface area is 269 Å². The molecule has 1 spiro atoms. The molecule has 1 amide bonds. The van der Waals surface area contributed by atoms with Crippen LogP contribution in [0.15, 0.2) is 59.9 Å². The van der Waals surface area contributed by atoms with Crippen LogP contribution in [-0.2, 0) is 20.4 Å². The largest absolute Gasteiger partial charge is 0.495 e. The number of pyridine rings is 2. The van der Waals surface area contributed by atoms with Crippen molar-refractivity contribution < 1.29 is 22.7 Å². The van der Waals surface area contributed by atoms with Crippen molar-refractivity contribution in [1.82, 2.24) is 24.7 Å². The molecule has 0 saturated carbocycles. The van der Waals surface area contributed by atoms with Crippen molar-refractivity contribution in [3.8, 4) is 17.7 Å². The van der Waals surface area contributed by atoms with Crippen molar-refractivity contribution in [2.45, 2.75) is 36.4 Å². The number of carbonyl (C=O) groups is 1. The molecule has 1 atom stereocenters. The lowest BCUT2D eigenvalue weighted by Crippen LogP contribution is -2.77. The molecule has 0 N–H and O–H groups in total. The molecular formula is C33H37N7O5S. The minimum absolute atomic E-state index is 0.0124. The maximum atomic E-state index is 15.1.